The molecule has 2 heterocycles. The second-order valence-electron chi connectivity index (χ2n) is 11.1. The normalized spacial score (nSPS) is 13.8. The Morgan fingerprint density at radius 1 is 0.426 bits per heavy atom. The average Bonchev–Trinajstić information content (AvgIpc) is 3.30. The topological polar surface area (TPSA) is 74.3 Å². The van der Waals surface area contributed by atoms with E-state index in [1.165, 1.54) is 0 Å². The van der Waals surface area contributed by atoms with Crippen LogP contribution in [-0.4, -0.2) is 40.1 Å². The van der Waals surface area contributed by atoms with Gasteiger partial charge in [0.05, 0.1) is 45.4 Å². The number of Topliss-reactive ketones (excluding diaryl/α,β-unsaturated/α-hetero) is 1. The second kappa shape index (κ2) is 12.0. The molecule has 7 heteroatoms. The zero-order chi connectivity index (χ0) is 32.7. The van der Waals surface area contributed by atoms with E-state index in [1.807, 2.05) is 109 Å². The Labute approximate surface area is 272 Å². The molecule has 0 saturated heterocycles. The van der Waals surface area contributed by atoms with Gasteiger partial charge in [-0.05, 0) is 94.6 Å². The number of amides is 1. The van der Waals surface area contributed by atoms with Gasteiger partial charge < -0.3 is 18.9 Å². The zero-order valence-corrected chi connectivity index (χ0v) is 26.4. The van der Waals surface area contributed by atoms with E-state index in [-0.39, 0.29) is 0 Å². The Kier molecular flexibility index (Phi) is 7.58. The molecule has 0 atom stereocenters. The number of anilines is 1. The summed E-state index contributed by atoms with van der Waals surface area (Å²) in [6.45, 7) is 0. The van der Waals surface area contributed by atoms with Gasteiger partial charge in [0.15, 0.2) is 0 Å². The Morgan fingerprint density at radius 2 is 0.809 bits per heavy atom. The van der Waals surface area contributed by atoms with Gasteiger partial charge in [-0.25, -0.2) is 0 Å². The summed E-state index contributed by atoms with van der Waals surface area (Å²) in [7, 11) is 6.50. The van der Waals surface area contributed by atoms with Crippen LogP contribution < -0.4 is 23.8 Å². The standard InChI is InChI=1S/C40H31NO6/c1-44-28-16-8-24(9-17-28)34-32-6-5-7-33-38(32)41(40(43)39(33)42)37(27-14-22-31(47-4)23-15-27)36(26-12-20-30(46-3)21-13-26)35(34)25-10-18-29(45-2)19-11-25/h5-23H,1-4H3. The molecule has 0 aliphatic carbocycles. The number of allylic oxidation sites excluding steroid dienone is 2. The van der Waals surface area contributed by atoms with Crippen LogP contribution >= 0.6 is 0 Å². The predicted octanol–water partition coefficient (Wildman–Crippen LogP) is 7.79. The van der Waals surface area contributed by atoms with Crippen LogP contribution in [-0.2, 0) is 4.79 Å². The molecule has 0 unspecified atom stereocenters. The molecule has 0 N–H and O–H groups in total. The summed E-state index contributed by atoms with van der Waals surface area (Å²) >= 11 is 0. The van der Waals surface area contributed by atoms with Crippen LogP contribution in [0.3, 0.4) is 0 Å². The molecule has 0 spiro atoms. The van der Waals surface area contributed by atoms with Crippen molar-refractivity contribution in [1.29, 1.82) is 0 Å². The van der Waals surface area contributed by atoms with Crippen LogP contribution in [0.1, 0.15) is 38.2 Å². The third-order valence-corrected chi connectivity index (χ3v) is 8.63. The first-order valence-electron chi connectivity index (χ1n) is 15.1. The molecule has 5 aromatic rings. The first kappa shape index (κ1) is 29.6. The number of ketones is 1. The van der Waals surface area contributed by atoms with Crippen molar-refractivity contribution in [3.05, 3.63) is 149 Å². The lowest BCUT2D eigenvalue weighted by atomic mass is 9.82. The van der Waals surface area contributed by atoms with Gasteiger partial charge in [0.2, 0.25) is 0 Å². The number of rotatable bonds is 8. The maximum absolute atomic E-state index is 14.2. The van der Waals surface area contributed by atoms with Crippen molar-refractivity contribution in [2.75, 3.05) is 33.3 Å². The van der Waals surface area contributed by atoms with Gasteiger partial charge in [0.25, 0.3) is 5.78 Å². The minimum atomic E-state index is -0.616. The molecule has 5 aromatic carbocycles. The minimum absolute atomic E-state index is 0.356. The highest BCUT2D eigenvalue weighted by molar-refractivity contribution is 6.56. The first-order valence-corrected chi connectivity index (χ1v) is 15.1. The average molecular weight is 622 g/mol. The quantitative estimate of drug-likeness (QED) is 0.165. The Balaban J connectivity index is 1.71. The first-order chi connectivity index (χ1) is 23.0. The second-order valence-corrected chi connectivity index (χ2v) is 11.1. The van der Waals surface area contributed by atoms with E-state index in [2.05, 4.69) is 0 Å². The molecule has 2 aliphatic heterocycles. The number of carbonyl (C=O) groups excluding carboxylic acids is 2. The molecule has 0 radical (unpaired) electrons. The van der Waals surface area contributed by atoms with Crippen molar-refractivity contribution in [3.8, 4) is 23.0 Å². The van der Waals surface area contributed by atoms with Crippen LogP contribution in [0.25, 0.3) is 22.4 Å². The van der Waals surface area contributed by atoms with E-state index in [9.17, 15) is 9.59 Å². The van der Waals surface area contributed by atoms with Gasteiger partial charge in [-0.1, -0.05) is 48.5 Å². The van der Waals surface area contributed by atoms with E-state index in [0.717, 1.165) is 44.5 Å². The summed E-state index contributed by atoms with van der Waals surface area (Å²) < 4.78 is 22.1. The Hall–Kier alpha value is -6.08. The summed E-state index contributed by atoms with van der Waals surface area (Å²) in [5.41, 5.74) is 8.08. The minimum Gasteiger partial charge on any atom is -0.497 e. The summed E-state index contributed by atoms with van der Waals surface area (Å²) in [6.07, 6.45) is 0. The summed E-state index contributed by atoms with van der Waals surface area (Å²) in [4.78, 5) is 29.5. The maximum atomic E-state index is 14.2. The van der Waals surface area contributed by atoms with Gasteiger partial charge in [-0.2, -0.15) is 0 Å². The van der Waals surface area contributed by atoms with Crippen molar-refractivity contribution in [2.24, 2.45) is 0 Å². The van der Waals surface area contributed by atoms with Crippen molar-refractivity contribution in [2.45, 2.75) is 0 Å². The lowest BCUT2D eigenvalue weighted by molar-refractivity contribution is -0.113. The highest BCUT2D eigenvalue weighted by Gasteiger charge is 2.44. The van der Waals surface area contributed by atoms with Crippen molar-refractivity contribution < 1.29 is 28.5 Å². The van der Waals surface area contributed by atoms with E-state index in [1.54, 1.807) is 39.4 Å². The van der Waals surface area contributed by atoms with Crippen LogP contribution in [0.2, 0.25) is 0 Å². The molecule has 2 aliphatic rings. The maximum Gasteiger partial charge on any atom is 0.304 e. The number of ether oxygens (including phenoxy) is 4. The molecular weight excluding hydrogens is 590 g/mol. The lowest BCUT2D eigenvalue weighted by Crippen LogP contribution is -2.29. The fourth-order valence-corrected chi connectivity index (χ4v) is 6.36. The molecule has 7 nitrogen and oxygen atoms in total. The van der Waals surface area contributed by atoms with Crippen LogP contribution in [0.4, 0.5) is 5.69 Å². The fourth-order valence-electron chi connectivity index (χ4n) is 6.36. The number of nitrogens with zero attached hydrogens (tertiary/aromatic N) is 1. The van der Waals surface area contributed by atoms with E-state index in [0.29, 0.717) is 39.9 Å². The molecule has 47 heavy (non-hydrogen) atoms. The Bertz CT molecular complexity index is 2070. The molecule has 232 valence electrons. The van der Waals surface area contributed by atoms with Gasteiger partial charge in [-0.3, -0.25) is 14.5 Å². The third kappa shape index (κ3) is 4.93. The number of hydrogen-bond donors (Lipinski definition) is 0. The van der Waals surface area contributed by atoms with E-state index < -0.39 is 11.7 Å². The molecule has 0 fully saturated rings. The van der Waals surface area contributed by atoms with Gasteiger partial charge in [0, 0.05) is 16.7 Å². The number of hydrogen-bond acceptors (Lipinski definition) is 6. The van der Waals surface area contributed by atoms with Crippen molar-refractivity contribution >= 4 is 39.8 Å². The molecule has 0 bridgehead atoms. The SMILES string of the molecule is COc1ccc(C2=C(c3ccc(OC)cc3)c3cccc4c3N(C(=O)C4=O)C(c3ccc(OC)cc3)=C2c2ccc(OC)cc2)cc1. The number of benzene rings is 5. The highest BCUT2D eigenvalue weighted by Crippen LogP contribution is 2.54. The largest absolute Gasteiger partial charge is 0.497 e. The van der Waals surface area contributed by atoms with Gasteiger partial charge in [0.1, 0.15) is 23.0 Å². The monoisotopic (exact) mass is 621 g/mol. The van der Waals surface area contributed by atoms with Gasteiger partial charge >= 0.3 is 5.91 Å². The molecule has 1 amide bonds. The summed E-state index contributed by atoms with van der Waals surface area (Å²) in [5, 5.41) is 0. The lowest BCUT2D eigenvalue weighted by Gasteiger charge is -2.25. The van der Waals surface area contributed by atoms with Crippen LogP contribution in [0.5, 0.6) is 23.0 Å². The van der Waals surface area contributed by atoms with Crippen molar-refractivity contribution in [3.63, 3.8) is 0 Å². The molecule has 7 rings (SSSR count). The predicted molar refractivity (Wildman–Crippen MR) is 183 cm³/mol. The summed E-state index contributed by atoms with van der Waals surface area (Å²) in [6, 6.07) is 36.6. The highest BCUT2D eigenvalue weighted by atomic mass is 16.5. The Morgan fingerprint density at radius 3 is 1.26 bits per heavy atom. The number of para-hydroxylation sites is 1. The molecular formula is C40H31NO6. The molecule has 0 saturated carbocycles. The zero-order valence-electron chi connectivity index (χ0n) is 26.4. The smallest absolute Gasteiger partial charge is 0.304 e. The molecule has 0 aromatic heterocycles. The van der Waals surface area contributed by atoms with E-state index >= 15 is 0 Å². The van der Waals surface area contributed by atoms with Crippen LogP contribution in [0, 0.1) is 0 Å². The summed E-state index contributed by atoms with van der Waals surface area (Å²) in [5.74, 6) is 1.62. The number of methoxy groups -OCH3 is 4. The third-order valence-electron chi connectivity index (χ3n) is 8.63. The van der Waals surface area contributed by atoms with Gasteiger partial charge in [-0.15, -0.1) is 0 Å². The number of carbonyl (C=O) groups is 2. The fraction of sp³-hybridized carbons (Fsp3) is 0.100. The van der Waals surface area contributed by atoms with Crippen LogP contribution in [0.15, 0.2) is 115 Å². The van der Waals surface area contributed by atoms with Crippen molar-refractivity contribution in [1.82, 2.24) is 0 Å². The van der Waals surface area contributed by atoms with E-state index in [4.69, 9.17) is 18.9 Å².